The number of anilines is 1. The predicted octanol–water partition coefficient (Wildman–Crippen LogP) is 1.37. The molecule has 1 aromatic carbocycles. The zero-order valence-electron chi connectivity index (χ0n) is 12.6. The monoisotopic (exact) mass is 300 g/mol. The fraction of sp³-hybridized carbons (Fsp3) is 0.375. The van der Waals surface area contributed by atoms with Gasteiger partial charge >= 0.3 is 5.69 Å². The van der Waals surface area contributed by atoms with Crippen molar-refractivity contribution >= 4 is 5.69 Å². The number of nitrogens with one attached hydrogen (secondary N) is 1. The number of H-pyrrole nitrogens is 1. The van der Waals surface area contributed by atoms with Gasteiger partial charge in [0.15, 0.2) is 0 Å². The minimum absolute atomic E-state index is 0.261. The van der Waals surface area contributed by atoms with E-state index >= 15 is 0 Å². The summed E-state index contributed by atoms with van der Waals surface area (Å²) < 4.78 is 5.18. The highest BCUT2D eigenvalue weighted by Crippen LogP contribution is 2.30. The van der Waals surface area contributed by atoms with Crippen LogP contribution in [0.3, 0.4) is 0 Å². The van der Waals surface area contributed by atoms with Crippen LogP contribution in [0.1, 0.15) is 12.8 Å². The molecule has 6 nitrogen and oxygen atoms in total. The molecule has 0 saturated carbocycles. The van der Waals surface area contributed by atoms with Gasteiger partial charge in [-0.3, -0.25) is 0 Å². The first-order valence-electron chi connectivity index (χ1n) is 7.41. The number of benzene rings is 1. The fourth-order valence-corrected chi connectivity index (χ4v) is 2.75. The van der Waals surface area contributed by atoms with E-state index in [4.69, 9.17) is 10.5 Å². The second-order valence-electron chi connectivity index (χ2n) is 5.50. The number of aromatic nitrogens is 2. The molecule has 1 aliphatic rings. The molecule has 116 valence electrons. The van der Waals surface area contributed by atoms with Crippen molar-refractivity contribution < 1.29 is 4.74 Å². The lowest BCUT2D eigenvalue weighted by atomic mass is 10.0. The number of hydrogen-bond acceptors (Lipinski definition) is 5. The number of hydrogen-bond donors (Lipinski definition) is 2. The van der Waals surface area contributed by atoms with Gasteiger partial charge in [0.1, 0.15) is 5.75 Å². The Morgan fingerprint density at radius 2 is 1.95 bits per heavy atom. The van der Waals surface area contributed by atoms with Gasteiger partial charge in [-0.05, 0) is 37.1 Å². The van der Waals surface area contributed by atoms with Gasteiger partial charge in [-0.2, -0.15) is 4.98 Å². The van der Waals surface area contributed by atoms with Crippen LogP contribution >= 0.6 is 0 Å². The normalized spacial score (nSPS) is 15.8. The van der Waals surface area contributed by atoms with Crippen LogP contribution in [0, 0.1) is 0 Å². The Hall–Kier alpha value is -2.34. The summed E-state index contributed by atoms with van der Waals surface area (Å²) in [6.45, 7) is 1.75. The van der Waals surface area contributed by atoms with Crippen molar-refractivity contribution in [1.29, 1.82) is 0 Å². The number of nitrogens with zero attached hydrogens (tertiary/aromatic N) is 2. The third-order valence-electron chi connectivity index (χ3n) is 4.05. The zero-order valence-corrected chi connectivity index (χ0v) is 12.6. The Kier molecular flexibility index (Phi) is 4.11. The van der Waals surface area contributed by atoms with Crippen LogP contribution in [0.5, 0.6) is 5.75 Å². The van der Waals surface area contributed by atoms with E-state index in [0.717, 1.165) is 48.6 Å². The van der Waals surface area contributed by atoms with Crippen LogP contribution in [-0.4, -0.2) is 36.2 Å². The standard InChI is InChI=1S/C16H20N4O2/c1-22-13-4-2-11(3-5-13)15-14(10-18-16(21)19-15)20-8-6-12(17)7-9-20/h2-5,10,12H,6-9,17H2,1H3,(H,18,19,21). The molecule has 0 radical (unpaired) electrons. The third-order valence-corrected chi connectivity index (χ3v) is 4.05. The molecule has 1 aromatic heterocycles. The number of nitrogens with two attached hydrogens (primary N) is 1. The molecule has 0 unspecified atom stereocenters. The molecule has 1 saturated heterocycles. The largest absolute Gasteiger partial charge is 0.497 e. The highest BCUT2D eigenvalue weighted by molar-refractivity contribution is 5.74. The molecular weight excluding hydrogens is 280 g/mol. The molecule has 0 spiro atoms. The van der Waals surface area contributed by atoms with Crippen LogP contribution < -0.4 is 21.1 Å². The minimum atomic E-state index is -0.344. The lowest BCUT2D eigenvalue weighted by Gasteiger charge is -2.32. The molecule has 3 N–H and O–H groups in total. The fourth-order valence-electron chi connectivity index (χ4n) is 2.75. The van der Waals surface area contributed by atoms with E-state index in [0.29, 0.717) is 0 Å². The van der Waals surface area contributed by atoms with Crippen LogP contribution in [0.15, 0.2) is 35.3 Å². The van der Waals surface area contributed by atoms with Gasteiger partial charge in [0.05, 0.1) is 24.7 Å². The zero-order chi connectivity index (χ0) is 15.5. The molecular formula is C16H20N4O2. The number of methoxy groups -OCH3 is 1. The van der Waals surface area contributed by atoms with Crippen molar-refractivity contribution in [2.24, 2.45) is 5.73 Å². The van der Waals surface area contributed by atoms with Gasteiger partial charge in [-0.1, -0.05) is 0 Å². The summed E-state index contributed by atoms with van der Waals surface area (Å²) in [6, 6.07) is 7.89. The maximum absolute atomic E-state index is 11.6. The molecule has 0 aliphatic carbocycles. The van der Waals surface area contributed by atoms with E-state index in [1.807, 2.05) is 24.3 Å². The molecule has 0 amide bonds. The Labute approximate surface area is 128 Å². The van der Waals surface area contributed by atoms with Crippen LogP contribution in [-0.2, 0) is 0 Å². The molecule has 6 heteroatoms. The summed E-state index contributed by atoms with van der Waals surface area (Å²) in [5.41, 5.74) is 8.29. The topological polar surface area (TPSA) is 84.2 Å². The second kappa shape index (κ2) is 6.19. The highest BCUT2D eigenvalue weighted by atomic mass is 16.5. The van der Waals surface area contributed by atoms with E-state index in [9.17, 15) is 4.79 Å². The van der Waals surface area contributed by atoms with E-state index in [1.54, 1.807) is 13.3 Å². The third kappa shape index (κ3) is 2.96. The maximum Gasteiger partial charge on any atom is 0.345 e. The summed E-state index contributed by atoms with van der Waals surface area (Å²) in [5, 5.41) is 0. The van der Waals surface area contributed by atoms with Crippen molar-refractivity contribution in [3.63, 3.8) is 0 Å². The summed E-state index contributed by atoms with van der Waals surface area (Å²) in [5.74, 6) is 0.783. The summed E-state index contributed by atoms with van der Waals surface area (Å²) in [6.07, 6.45) is 3.54. The van der Waals surface area contributed by atoms with Crippen molar-refractivity contribution in [1.82, 2.24) is 9.97 Å². The molecule has 0 atom stereocenters. The van der Waals surface area contributed by atoms with Gasteiger partial charge in [0, 0.05) is 24.7 Å². The first kappa shape index (κ1) is 14.6. The van der Waals surface area contributed by atoms with Gasteiger partial charge < -0.3 is 20.4 Å². The van der Waals surface area contributed by atoms with E-state index in [2.05, 4.69) is 14.9 Å². The highest BCUT2D eigenvalue weighted by Gasteiger charge is 2.20. The van der Waals surface area contributed by atoms with E-state index < -0.39 is 0 Å². The summed E-state index contributed by atoms with van der Waals surface area (Å²) >= 11 is 0. The van der Waals surface area contributed by atoms with Crippen molar-refractivity contribution in [2.75, 3.05) is 25.1 Å². The molecule has 22 heavy (non-hydrogen) atoms. The lowest BCUT2D eigenvalue weighted by molar-refractivity contribution is 0.415. The first-order chi connectivity index (χ1) is 10.7. The Morgan fingerprint density at radius 1 is 1.27 bits per heavy atom. The molecule has 3 rings (SSSR count). The number of ether oxygens (including phenoxy) is 1. The molecule has 2 heterocycles. The van der Waals surface area contributed by atoms with Crippen molar-refractivity contribution in [3.05, 3.63) is 40.9 Å². The quantitative estimate of drug-likeness (QED) is 0.894. The SMILES string of the molecule is COc1ccc(-c2[nH]c(=O)ncc2N2CCC(N)CC2)cc1. The molecule has 0 bridgehead atoms. The second-order valence-corrected chi connectivity index (χ2v) is 5.50. The Morgan fingerprint density at radius 3 is 2.59 bits per heavy atom. The van der Waals surface area contributed by atoms with Crippen LogP contribution in [0.4, 0.5) is 5.69 Å². The molecule has 1 aliphatic heterocycles. The van der Waals surface area contributed by atoms with Gasteiger partial charge in [-0.25, -0.2) is 4.79 Å². The van der Waals surface area contributed by atoms with E-state index in [1.165, 1.54) is 0 Å². The Bertz CT molecular complexity index is 688. The number of rotatable bonds is 3. The average molecular weight is 300 g/mol. The molecule has 1 fully saturated rings. The predicted molar refractivity (Wildman–Crippen MR) is 86.3 cm³/mol. The van der Waals surface area contributed by atoms with Crippen molar-refractivity contribution in [3.8, 4) is 17.0 Å². The minimum Gasteiger partial charge on any atom is -0.497 e. The van der Waals surface area contributed by atoms with Gasteiger partial charge in [0.2, 0.25) is 0 Å². The summed E-state index contributed by atoms with van der Waals surface area (Å²) in [4.78, 5) is 20.6. The maximum atomic E-state index is 11.6. The number of piperidine rings is 1. The average Bonchev–Trinajstić information content (AvgIpc) is 2.56. The van der Waals surface area contributed by atoms with Crippen LogP contribution in [0.2, 0.25) is 0 Å². The molecule has 2 aromatic rings. The van der Waals surface area contributed by atoms with Gasteiger partial charge in [-0.15, -0.1) is 0 Å². The smallest absolute Gasteiger partial charge is 0.345 e. The number of aromatic amines is 1. The first-order valence-corrected chi connectivity index (χ1v) is 7.41. The van der Waals surface area contributed by atoms with E-state index in [-0.39, 0.29) is 11.7 Å². The van der Waals surface area contributed by atoms with Crippen molar-refractivity contribution in [2.45, 2.75) is 18.9 Å². The van der Waals surface area contributed by atoms with Crippen LogP contribution in [0.25, 0.3) is 11.3 Å². The lowest BCUT2D eigenvalue weighted by Crippen LogP contribution is -2.40. The Balaban J connectivity index is 1.98. The summed E-state index contributed by atoms with van der Waals surface area (Å²) in [7, 11) is 1.63. The van der Waals surface area contributed by atoms with Gasteiger partial charge in [0.25, 0.3) is 0 Å².